The minimum atomic E-state index is -0.634. The fraction of sp³-hybridized carbons (Fsp3) is 0. The van der Waals surface area contributed by atoms with Crippen molar-refractivity contribution in [3.05, 3.63) is 45.7 Å². The second-order valence-corrected chi connectivity index (χ2v) is 3.34. The van der Waals surface area contributed by atoms with Gasteiger partial charge in [-0.3, -0.25) is 10.1 Å². The molecule has 0 aliphatic carbocycles. The maximum atomic E-state index is 10.8. The number of nitro groups is 1. The number of hydrogen-bond donors (Lipinski definition) is 0. The lowest BCUT2D eigenvalue weighted by Gasteiger charge is -2.03. The van der Waals surface area contributed by atoms with E-state index in [0.29, 0.717) is 0 Å². The molecule has 0 aromatic carbocycles. The highest BCUT2D eigenvalue weighted by molar-refractivity contribution is 6.30. The van der Waals surface area contributed by atoms with Gasteiger partial charge >= 0.3 is 11.6 Å². The molecule has 0 saturated heterocycles. The van der Waals surface area contributed by atoms with Gasteiger partial charge in [0.2, 0.25) is 5.88 Å². The first kappa shape index (κ1) is 11.2. The molecule has 8 heteroatoms. The Kier molecular flexibility index (Phi) is 3.10. The fourth-order valence-electron chi connectivity index (χ4n) is 1.07. The molecule has 7 nitrogen and oxygen atoms in total. The molecule has 0 N–H and O–H groups in total. The summed E-state index contributed by atoms with van der Waals surface area (Å²) in [5.74, 6) is -0.0645. The lowest BCUT2D eigenvalue weighted by Crippen LogP contribution is -1.97. The van der Waals surface area contributed by atoms with Gasteiger partial charge in [0.25, 0.3) is 0 Å². The molecule has 0 unspecified atom stereocenters. The van der Waals surface area contributed by atoms with E-state index in [0.717, 1.165) is 6.07 Å². The second-order valence-electron chi connectivity index (χ2n) is 2.90. The number of rotatable bonds is 3. The van der Waals surface area contributed by atoms with Gasteiger partial charge in [0.1, 0.15) is 0 Å². The molecule has 0 spiro atoms. The summed E-state index contributed by atoms with van der Waals surface area (Å²) >= 11 is 5.61. The van der Waals surface area contributed by atoms with Crippen LogP contribution < -0.4 is 4.74 Å². The van der Waals surface area contributed by atoms with Crippen LogP contribution in [0.15, 0.2) is 30.6 Å². The van der Waals surface area contributed by atoms with Gasteiger partial charge in [-0.25, -0.2) is 4.98 Å². The third-order valence-electron chi connectivity index (χ3n) is 1.74. The monoisotopic (exact) mass is 252 g/mol. The van der Waals surface area contributed by atoms with E-state index in [1.807, 2.05) is 0 Å². The van der Waals surface area contributed by atoms with Crippen LogP contribution in [0.3, 0.4) is 0 Å². The van der Waals surface area contributed by atoms with Gasteiger partial charge < -0.3 is 4.74 Å². The van der Waals surface area contributed by atoms with Crippen molar-refractivity contribution in [2.24, 2.45) is 0 Å². The van der Waals surface area contributed by atoms with Crippen LogP contribution in [0.1, 0.15) is 0 Å². The average Bonchev–Trinajstić information content (AvgIpc) is 2.32. The molecule has 0 radical (unpaired) electrons. The van der Waals surface area contributed by atoms with Crippen molar-refractivity contribution in [1.82, 2.24) is 15.2 Å². The number of pyridine rings is 1. The molecule has 0 saturated carbocycles. The lowest BCUT2D eigenvalue weighted by molar-refractivity contribution is -0.386. The van der Waals surface area contributed by atoms with Crippen molar-refractivity contribution < 1.29 is 9.66 Å². The average molecular weight is 253 g/mol. The Bertz CT molecular complexity index is 549. The highest BCUT2D eigenvalue weighted by Gasteiger charge is 2.18. The minimum Gasteiger partial charge on any atom is -0.413 e. The molecule has 2 rings (SSSR count). The van der Waals surface area contributed by atoms with E-state index in [-0.39, 0.29) is 22.5 Å². The summed E-state index contributed by atoms with van der Waals surface area (Å²) in [7, 11) is 0. The standard InChI is InChI=1S/C9H5ClN4O3/c10-6-4-7(14(15)16)9(11-5-6)17-8-2-1-3-12-13-8/h1-5H. The summed E-state index contributed by atoms with van der Waals surface area (Å²) in [6, 6.07) is 4.25. The van der Waals surface area contributed by atoms with Crippen molar-refractivity contribution in [3.8, 4) is 11.8 Å². The van der Waals surface area contributed by atoms with Crippen molar-refractivity contribution in [2.45, 2.75) is 0 Å². The summed E-state index contributed by atoms with van der Waals surface area (Å²) < 4.78 is 5.14. The Labute approximate surface area is 100 Å². The number of nitrogens with zero attached hydrogens (tertiary/aromatic N) is 4. The molecular formula is C9H5ClN4O3. The SMILES string of the molecule is O=[N+]([O-])c1cc(Cl)cnc1Oc1cccnn1. The van der Waals surface area contributed by atoms with Crippen LogP contribution in [-0.2, 0) is 0 Å². The van der Waals surface area contributed by atoms with E-state index in [9.17, 15) is 10.1 Å². The lowest BCUT2D eigenvalue weighted by atomic mass is 10.4. The summed E-state index contributed by atoms with van der Waals surface area (Å²) in [5.41, 5.74) is -0.330. The van der Waals surface area contributed by atoms with Gasteiger partial charge in [-0.2, -0.15) is 5.10 Å². The van der Waals surface area contributed by atoms with Gasteiger partial charge in [-0.1, -0.05) is 11.6 Å². The Morgan fingerprint density at radius 2 is 2.29 bits per heavy atom. The van der Waals surface area contributed by atoms with E-state index in [1.165, 1.54) is 18.5 Å². The first-order chi connectivity index (χ1) is 8.16. The quantitative estimate of drug-likeness (QED) is 0.614. The van der Waals surface area contributed by atoms with E-state index < -0.39 is 4.92 Å². The molecule has 0 bridgehead atoms. The van der Waals surface area contributed by atoms with Crippen molar-refractivity contribution in [2.75, 3.05) is 0 Å². The summed E-state index contributed by atoms with van der Waals surface area (Å²) in [5, 5.41) is 18.1. The third-order valence-corrected chi connectivity index (χ3v) is 1.95. The first-order valence-electron chi connectivity index (χ1n) is 4.42. The first-order valence-corrected chi connectivity index (χ1v) is 4.80. The highest BCUT2D eigenvalue weighted by atomic mass is 35.5. The molecule has 17 heavy (non-hydrogen) atoms. The summed E-state index contributed by atoms with van der Waals surface area (Å²) in [6.45, 7) is 0. The highest BCUT2D eigenvalue weighted by Crippen LogP contribution is 2.29. The minimum absolute atomic E-state index is 0.116. The van der Waals surface area contributed by atoms with Crippen molar-refractivity contribution >= 4 is 17.3 Å². The maximum Gasteiger partial charge on any atom is 0.332 e. The fourth-order valence-corrected chi connectivity index (χ4v) is 1.22. The van der Waals surface area contributed by atoms with Crippen LogP contribution in [-0.4, -0.2) is 20.1 Å². The van der Waals surface area contributed by atoms with Crippen LogP contribution >= 0.6 is 11.6 Å². The predicted octanol–water partition coefficient (Wildman–Crippen LogP) is 2.23. The molecule has 2 aromatic heterocycles. The van der Waals surface area contributed by atoms with Crippen molar-refractivity contribution in [1.29, 1.82) is 0 Å². The van der Waals surface area contributed by atoms with E-state index >= 15 is 0 Å². The maximum absolute atomic E-state index is 10.8. The van der Waals surface area contributed by atoms with Crippen LogP contribution in [0.25, 0.3) is 0 Å². The Hall–Kier alpha value is -2.28. The molecule has 0 aliphatic rings. The van der Waals surface area contributed by atoms with Crippen molar-refractivity contribution in [3.63, 3.8) is 0 Å². The van der Waals surface area contributed by atoms with Crippen LogP contribution in [0.2, 0.25) is 5.02 Å². The second kappa shape index (κ2) is 4.71. The number of aromatic nitrogens is 3. The molecule has 0 fully saturated rings. The largest absolute Gasteiger partial charge is 0.413 e. The molecule has 86 valence electrons. The molecule has 2 heterocycles. The van der Waals surface area contributed by atoms with Crippen LogP contribution in [0, 0.1) is 10.1 Å². The number of halogens is 1. The van der Waals surface area contributed by atoms with Crippen LogP contribution in [0.4, 0.5) is 5.69 Å². The zero-order valence-electron chi connectivity index (χ0n) is 8.28. The predicted molar refractivity (Wildman–Crippen MR) is 58.0 cm³/mol. The third kappa shape index (κ3) is 2.64. The Balaban J connectivity index is 2.36. The Morgan fingerprint density at radius 1 is 1.47 bits per heavy atom. The van der Waals surface area contributed by atoms with Gasteiger partial charge in [0.15, 0.2) is 0 Å². The number of hydrogen-bond acceptors (Lipinski definition) is 6. The molecular weight excluding hydrogens is 248 g/mol. The zero-order valence-corrected chi connectivity index (χ0v) is 9.03. The van der Waals surface area contributed by atoms with E-state index in [2.05, 4.69) is 15.2 Å². The van der Waals surface area contributed by atoms with Gasteiger partial charge in [0.05, 0.1) is 16.1 Å². The summed E-state index contributed by atoms with van der Waals surface area (Å²) in [6.07, 6.45) is 2.71. The van der Waals surface area contributed by atoms with Crippen LogP contribution in [0.5, 0.6) is 11.8 Å². The topological polar surface area (TPSA) is 91.0 Å². The smallest absolute Gasteiger partial charge is 0.332 e. The Morgan fingerprint density at radius 3 is 2.94 bits per heavy atom. The van der Waals surface area contributed by atoms with E-state index in [4.69, 9.17) is 16.3 Å². The molecule has 0 atom stereocenters. The van der Waals surface area contributed by atoms with Gasteiger partial charge in [0, 0.05) is 18.3 Å². The van der Waals surface area contributed by atoms with Gasteiger partial charge in [-0.15, -0.1) is 5.10 Å². The summed E-state index contributed by atoms with van der Waals surface area (Å²) in [4.78, 5) is 13.9. The zero-order chi connectivity index (χ0) is 12.3. The van der Waals surface area contributed by atoms with Gasteiger partial charge in [-0.05, 0) is 6.07 Å². The molecule has 0 amide bonds. The molecule has 2 aromatic rings. The molecule has 0 aliphatic heterocycles. The van der Waals surface area contributed by atoms with E-state index in [1.54, 1.807) is 6.07 Å². The number of ether oxygens (including phenoxy) is 1. The normalized spacial score (nSPS) is 9.94.